The van der Waals surface area contributed by atoms with E-state index in [1.54, 1.807) is 0 Å². The van der Waals surface area contributed by atoms with E-state index in [1.165, 1.54) is 0 Å². The zero-order valence-electron chi connectivity index (χ0n) is 11.8. The summed E-state index contributed by atoms with van der Waals surface area (Å²) < 4.78 is 12.2. The Labute approximate surface area is 117 Å². The minimum atomic E-state index is -1.36. The van der Waals surface area contributed by atoms with E-state index in [4.69, 9.17) is 5.11 Å². The third-order valence-corrected chi connectivity index (χ3v) is 4.69. The number of hydrogen-bond donors (Lipinski definition) is 1. The number of hydrogen-bond acceptors (Lipinski definition) is 2. The van der Waals surface area contributed by atoms with Gasteiger partial charge >= 0.3 is 5.97 Å². The van der Waals surface area contributed by atoms with Crippen LogP contribution in [0.5, 0.6) is 0 Å². The maximum Gasteiger partial charge on any atom is 0.319 e. The molecular weight excluding hydrogens is 260 g/mol. The van der Waals surface area contributed by atoms with E-state index in [0.717, 1.165) is 29.5 Å². The summed E-state index contributed by atoms with van der Waals surface area (Å²) in [5.41, 5.74) is 3.19. The predicted molar refractivity (Wildman–Crippen MR) is 78.7 cm³/mol. The zero-order chi connectivity index (χ0) is 14.4. The van der Waals surface area contributed by atoms with Gasteiger partial charge in [-0.05, 0) is 25.8 Å². The van der Waals surface area contributed by atoms with Gasteiger partial charge in [-0.3, -0.25) is 9.00 Å². The first-order chi connectivity index (χ1) is 8.93. The van der Waals surface area contributed by atoms with Crippen molar-refractivity contribution in [3.8, 4) is 0 Å². The summed E-state index contributed by atoms with van der Waals surface area (Å²) in [5, 5.41) is 8.42. The van der Waals surface area contributed by atoms with Crippen LogP contribution < -0.4 is 0 Å². The normalized spacial score (nSPS) is 14.1. The molecule has 0 spiro atoms. The summed E-state index contributed by atoms with van der Waals surface area (Å²) in [6.07, 6.45) is 2.21. The van der Waals surface area contributed by atoms with Crippen LogP contribution in [-0.2, 0) is 21.3 Å². The highest BCUT2D eigenvalue weighted by Crippen LogP contribution is 2.15. The van der Waals surface area contributed by atoms with Crippen molar-refractivity contribution in [2.75, 3.05) is 0 Å². The second kappa shape index (κ2) is 7.43. The van der Waals surface area contributed by atoms with Crippen molar-refractivity contribution in [2.24, 2.45) is 0 Å². The number of carboxylic acid groups (broad SMARTS) is 1. The molecule has 1 rings (SSSR count). The Kier molecular flexibility index (Phi) is 6.22. The fraction of sp³-hybridized carbons (Fsp3) is 0.533. The van der Waals surface area contributed by atoms with E-state index in [-0.39, 0.29) is 0 Å². The molecule has 0 bridgehead atoms. The maximum absolute atomic E-state index is 12.2. The molecule has 0 saturated heterocycles. The Hall–Kier alpha value is -1.16. The molecule has 0 aliphatic heterocycles. The van der Waals surface area contributed by atoms with Gasteiger partial charge in [-0.1, -0.05) is 49.1 Å². The van der Waals surface area contributed by atoms with Gasteiger partial charge in [0.25, 0.3) is 0 Å². The van der Waals surface area contributed by atoms with Gasteiger partial charge in [-0.2, -0.15) is 0 Å². The molecule has 3 nitrogen and oxygen atoms in total. The number of aliphatic carboxylic acids is 1. The van der Waals surface area contributed by atoms with E-state index in [2.05, 4.69) is 6.07 Å². The number of benzene rings is 1. The molecule has 1 aromatic carbocycles. The van der Waals surface area contributed by atoms with Crippen molar-refractivity contribution >= 4 is 16.8 Å². The van der Waals surface area contributed by atoms with Crippen LogP contribution in [0.4, 0.5) is 0 Å². The Balaban J connectivity index is 2.78. The van der Waals surface area contributed by atoms with Gasteiger partial charge in [0, 0.05) is 16.6 Å². The monoisotopic (exact) mass is 282 g/mol. The minimum absolute atomic E-state index is 0.323. The van der Waals surface area contributed by atoms with E-state index >= 15 is 0 Å². The van der Waals surface area contributed by atoms with Crippen LogP contribution >= 0.6 is 0 Å². The van der Waals surface area contributed by atoms with Crippen LogP contribution in [0.3, 0.4) is 0 Å². The quantitative estimate of drug-likeness (QED) is 0.835. The fourth-order valence-electron chi connectivity index (χ4n) is 2.17. The first kappa shape index (κ1) is 15.9. The van der Waals surface area contributed by atoms with Gasteiger partial charge < -0.3 is 5.11 Å². The predicted octanol–water partition coefficient (Wildman–Crippen LogP) is 3.20. The average Bonchev–Trinajstić information content (AvgIpc) is 2.27. The largest absolute Gasteiger partial charge is 0.480 e. The smallest absolute Gasteiger partial charge is 0.319 e. The second-order valence-electron chi connectivity index (χ2n) is 4.99. The lowest BCUT2D eigenvalue weighted by Gasteiger charge is -2.12. The first-order valence-corrected chi connectivity index (χ1v) is 7.99. The number of aryl methyl sites for hydroxylation is 2. The Morgan fingerprint density at radius 3 is 2.32 bits per heavy atom. The number of rotatable bonds is 7. The van der Waals surface area contributed by atoms with E-state index in [0.29, 0.717) is 12.2 Å². The Morgan fingerprint density at radius 1 is 1.26 bits per heavy atom. The van der Waals surface area contributed by atoms with E-state index in [1.807, 2.05) is 32.9 Å². The molecule has 4 heteroatoms. The van der Waals surface area contributed by atoms with Crippen LogP contribution in [-0.4, -0.2) is 20.5 Å². The minimum Gasteiger partial charge on any atom is -0.480 e. The van der Waals surface area contributed by atoms with E-state index < -0.39 is 22.0 Å². The summed E-state index contributed by atoms with van der Waals surface area (Å²) in [5.74, 6) is -0.625. The molecular formula is C15H22O3S. The molecule has 0 saturated carbocycles. The van der Waals surface area contributed by atoms with Crippen LogP contribution in [0.1, 0.15) is 42.9 Å². The molecule has 0 aliphatic carbocycles. The Morgan fingerprint density at radius 2 is 1.84 bits per heavy atom. The van der Waals surface area contributed by atoms with Crippen molar-refractivity contribution in [1.29, 1.82) is 0 Å². The SMILES string of the molecule is CCCCC(C(=O)O)S(=O)Cc1cc(C)cc(C)c1. The number of carbonyl (C=O) groups is 1. The highest BCUT2D eigenvalue weighted by molar-refractivity contribution is 7.85. The van der Waals surface area contributed by atoms with Crippen LogP contribution in [0.15, 0.2) is 18.2 Å². The zero-order valence-corrected chi connectivity index (χ0v) is 12.6. The topological polar surface area (TPSA) is 54.4 Å². The molecule has 2 unspecified atom stereocenters. The van der Waals surface area contributed by atoms with Gasteiger partial charge in [0.05, 0.1) is 0 Å². The molecule has 1 aromatic rings. The van der Waals surface area contributed by atoms with Crippen molar-refractivity contribution in [3.05, 3.63) is 34.9 Å². The van der Waals surface area contributed by atoms with Gasteiger partial charge in [-0.25, -0.2) is 0 Å². The molecule has 2 atom stereocenters. The molecule has 19 heavy (non-hydrogen) atoms. The third kappa shape index (κ3) is 5.15. The van der Waals surface area contributed by atoms with Crippen molar-refractivity contribution in [3.63, 3.8) is 0 Å². The molecule has 0 aromatic heterocycles. The number of carboxylic acids is 1. The second-order valence-corrected chi connectivity index (χ2v) is 6.61. The first-order valence-electron chi connectivity index (χ1n) is 6.61. The van der Waals surface area contributed by atoms with Crippen LogP contribution in [0.2, 0.25) is 0 Å². The fourth-order valence-corrected chi connectivity index (χ4v) is 3.52. The number of unbranched alkanes of at least 4 members (excludes halogenated alkanes) is 1. The molecule has 0 amide bonds. The third-order valence-electron chi connectivity index (χ3n) is 3.00. The summed E-state index contributed by atoms with van der Waals surface area (Å²) in [7, 11) is -1.36. The lowest BCUT2D eigenvalue weighted by molar-refractivity contribution is -0.136. The van der Waals surface area contributed by atoms with Crippen LogP contribution in [0, 0.1) is 13.8 Å². The molecule has 0 fully saturated rings. The lowest BCUT2D eigenvalue weighted by Crippen LogP contribution is -2.26. The molecule has 0 heterocycles. The highest BCUT2D eigenvalue weighted by Gasteiger charge is 2.24. The van der Waals surface area contributed by atoms with Gasteiger partial charge in [0.1, 0.15) is 5.25 Å². The summed E-state index contributed by atoms with van der Waals surface area (Å²) in [4.78, 5) is 11.2. The van der Waals surface area contributed by atoms with Crippen molar-refractivity contribution < 1.29 is 14.1 Å². The van der Waals surface area contributed by atoms with E-state index in [9.17, 15) is 9.00 Å². The standard InChI is InChI=1S/C15H22O3S/c1-4-5-6-14(15(16)17)19(18)10-13-8-11(2)7-12(3)9-13/h7-9,14H,4-6,10H2,1-3H3,(H,16,17). The molecule has 0 radical (unpaired) electrons. The molecule has 106 valence electrons. The summed E-state index contributed by atoms with van der Waals surface area (Å²) >= 11 is 0. The molecule has 0 aliphatic rings. The van der Waals surface area contributed by atoms with Crippen molar-refractivity contribution in [1.82, 2.24) is 0 Å². The molecule has 1 N–H and O–H groups in total. The van der Waals surface area contributed by atoms with Crippen molar-refractivity contribution in [2.45, 2.75) is 51.0 Å². The van der Waals surface area contributed by atoms with Crippen LogP contribution in [0.25, 0.3) is 0 Å². The van der Waals surface area contributed by atoms with Gasteiger partial charge in [-0.15, -0.1) is 0 Å². The average molecular weight is 282 g/mol. The summed E-state index contributed by atoms with van der Waals surface area (Å²) in [6.45, 7) is 5.99. The highest BCUT2D eigenvalue weighted by atomic mass is 32.2. The lowest BCUT2D eigenvalue weighted by atomic mass is 10.1. The van der Waals surface area contributed by atoms with Gasteiger partial charge in [0.15, 0.2) is 0 Å². The Bertz CT molecular complexity index is 448. The maximum atomic E-state index is 12.2. The van der Waals surface area contributed by atoms with Gasteiger partial charge in [0.2, 0.25) is 0 Å². The summed E-state index contributed by atoms with van der Waals surface area (Å²) in [6, 6.07) is 6.01.